The third kappa shape index (κ3) is 6.09. The topological polar surface area (TPSA) is 66.4 Å². The molecule has 0 amide bonds. The van der Waals surface area contributed by atoms with E-state index in [0.717, 1.165) is 0 Å². The molecule has 4 nitrogen and oxygen atoms in total. The molecule has 0 aromatic heterocycles. The Bertz CT molecular complexity index is 604. The fraction of sp³-hybridized carbons (Fsp3) is 0.467. The number of aliphatic hydroxyl groups is 1. The van der Waals surface area contributed by atoms with Crippen molar-refractivity contribution in [2.24, 2.45) is 5.41 Å². The summed E-state index contributed by atoms with van der Waals surface area (Å²) in [5.74, 6) is 5.32. The second kappa shape index (κ2) is 6.78. The van der Waals surface area contributed by atoms with E-state index in [4.69, 9.17) is 5.11 Å². The van der Waals surface area contributed by atoms with Gasteiger partial charge >= 0.3 is 0 Å². The lowest BCUT2D eigenvalue weighted by molar-refractivity contribution is 0.350. The van der Waals surface area contributed by atoms with Gasteiger partial charge in [-0.15, -0.1) is 0 Å². The minimum absolute atomic E-state index is 0.0367. The molecule has 0 aliphatic heterocycles. The van der Waals surface area contributed by atoms with E-state index in [9.17, 15) is 8.42 Å². The van der Waals surface area contributed by atoms with Crippen LogP contribution >= 0.6 is 0 Å². The van der Waals surface area contributed by atoms with Gasteiger partial charge in [0.1, 0.15) is 6.61 Å². The summed E-state index contributed by atoms with van der Waals surface area (Å²) in [6, 6.07) is 6.89. The lowest BCUT2D eigenvalue weighted by Gasteiger charge is -2.18. The van der Waals surface area contributed by atoms with E-state index in [2.05, 4.69) is 16.6 Å². The van der Waals surface area contributed by atoms with Crippen molar-refractivity contribution in [3.05, 3.63) is 29.8 Å². The Morgan fingerprint density at radius 1 is 1.25 bits per heavy atom. The Balaban J connectivity index is 2.87. The number of sulfonamides is 1. The van der Waals surface area contributed by atoms with E-state index < -0.39 is 10.0 Å². The highest BCUT2D eigenvalue weighted by Crippen LogP contribution is 2.21. The summed E-state index contributed by atoms with van der Waals surface area (Å²) >= 11 is 0. The summed E-state index contributed by atoms with van der Waals surface area (Å²) < 4.78 is 26.7. The first kappa shape index (κ1) is 16.5. The van der Waals surface area contributed by atoms with Gasteiger partial charge in [0.2, 0.25) is 10.0 Å². The normalized spacial score (nSPS) is 11.6. The molecule has 2 N–H and O–H groups in total. The van der Waals surface area contributed by atoms with Gasteiger partial charge in [0.15, 0.2) is 0 Å². The van der Waals surface area contributed by atoms with Crippen LogP contribution in [0.3, 0.4) is 0 Å². The summed E-state index contributed by atoms with van der Waals surface area (Å²) in [5.41, 5.74) is 0.966. The SMILES string of the molecule is CC(C)(C)CCS(=O)(=O)Nc1ccccc1C#CCO. The van der Waals surface area contributed by atoms with Crippen molar-refractivity contribution in [2.75, 3.05) is 17.1 Å². The third-order valence-electron chi connectivity index (χ3n) is 2.62. The van der Waals surface area contributed by atoms with Gasteiger partial charge in [-0.05, 0) is 24.0 Å². The van der Waals surface area contributed by atoms with Crippen LogP contribution < -0.4 is 4.72 Å². The fourth-order valence-corrected chi connectivity index (χ4v) is 2.97. The summed E-state index contributed by atoms with van der Waals surface area (Å²) in [4.78, 5) is 0. The standard InChI is InChI=1S/C15H21NO3S/c1-15(2,3)10-12-20(18,19)16-14-9-5-4-7-13(14)8-6-11-17/h4-5,7,9,16-17H,10-12H2,1-3H3. The van der Waals surface area contributed by atoms with Crippen molar-refractivity contribution in [1.29, 1.82) is 0 Å². The molecule has 0 radical (unpaired) electrons. The molecule has 1 aromatic rings. The van der Waals surface area contributed by atoms with E-state index >= 15 is 0 Å². The molecular weight excluding hydrogens is 274 g/mol. The van der Waals surface area contributed by atoms with Crippen molar-refractivity contribution in [1.82, 2.24) is 0 Å². The third-order valence-corrected chi connectivity index (χ3v) is 3.89. The van der Waals surface area contributed by atoms with E-state index in [1.807, 2.05) is 20.8 Å². The van der Waals surface area contributed by atoms with Crippen LogP contribution in [0, 0.1) is 17.3 Å². The average molecular weight is 295 g/mol. The highest BCUT2D eigenvalue weighted by Gasteiger charge is 2.18. The lowest BCUT2D eigenvalue weighted by Crippen LogP contribution is -2.21. The molecule has 0 fully saturated rings. The molecule has 0 unspecified atom stereocenters. The van der Waals surface area contributed by atoms with Crippen molar-refractivity contribution >= 4 is 15.7 Å². The van der Waals surface area contributed by atoms with E-state index in [0.29, 0.717) is 17.7 Å². The maximum absolute atomic E-state index is 12.1. The van der Waals surface area contributed by atoms with Crippen LogP contribution in [0.4, 0.5) is 5.69 Å². The average Bonchev–Trinajstić information content (AvgIpc) is 2.34. The van der Waals surface area contributed by atoms with Crippen LogP contribution in [-0.2, 0) is 10.0 Å². The zero-order valence-electron chi connectivity index (χ0n) is 12.1. The Kier molecular flexibility index (Phi) is 5.61. The number of hydrogen-bond donors (Lipinski definition) is 2. The molecule has 0 bridgehead atoms. The van der Waals surface area contributed by atoms with Crippen LogP contribution in [0.5, 0.6) is 0 Å². The molecule has 110 valence electrons. The Hall–Kier alpha value is -1.51. The van der Waals surface area contributed by atoms with Gasteiger partial charge < -0.3 is 5.11 Å². The number of benzene rings is 1. The molecule has 0 atom stereocenters. The molecule has 0 saturated carbocycles. The second-order valence-electron chi connectivity index (χ2n) is 5.74. The molecule has 1 rings (SSSR count). The summed E-state index contributed by atoms with van der Waals surface area (Å²) in [7, 11) is -3.40. The predicted molar refractivity (Wildman–Crippen MR) is 81.9 cm³/mol. The van der Waals surface area contributed by atoms with Crippen LogP contribution in [0.15, 0.2) is 24.3 Å². The highest BCUT2D eigenvalue weighted by molar-refractivity contribution is 7.92. The van der Waals surface area contributed by atoms with Gasteiger partial charge in [-0.25, -0.2) is 8.42 Å². The van der Waals surface area contributed by atoms with Gasteiger partial charge in [-0.1, -0.05) is 44.7 Å². The maximum Gasteiger partial charge on any atom is 0.232 e. The van der Waals surface area contributed by atoms with Crippen molar-refractivity contribution in [3.63, 3.8) is 0 Å². The molecule has 0 saturated heterocycles. The number of aliphatic hydroxyl groups excluding tert-OH is 1. The number of anilines is 1. The van der Waals surface area contributed by atoms with E-state index in [-0.39, 0.29) is 17.8 Å². The van der Waals surface area contributed by atoms with E-state index in [1.54, 1.807) is 24.3 Å². The molecule has 0 heterocycles. The monoisotopic (exact) mass is 295 g/mol. The van der Waals surface area contributed by atoms with Gasteiger partial charge in [0, 0.05) is 5.56 Å². The van der Waals surface area contributed by atoms with Crippen molar-refractivity contribution in [3.8, 4) is 11.8 Å². The minimum Gasteiger partial charge on any atom is -0.384 e. The summed E-state index contributed by atoms with van der Waals surface area (Å²) in [5, 5.41) is 8.71. The Morgan fingerprint density at radius 2 is 1.90 bits per heavy atom. The number of rotatable bonds is 4. The van der Waals surface area contributed by atoms with Gasteiger partial charge in [0.05, 0.1) is 11.4 Å². The van der Waals surface area contributed by atoms with Gasteiger partial charge in [0.25, 0.3) is 0 Å². The summed E-state index contributed by atoms with van der Waals surface area (Å²) in [6.45, 7) is 5.75. The highest BCUT2D eigenvalue weighted by atomic mass is 32.2. The molecular formula is C15H21NO3S. The first-order chi connectivity index (χ1) is 9.23. The van der Waals surface area contributed by atoms with Crippen LogP contribution in [0.2, 0.25) is 0 Å². The Labute approximate surface area is 121 Å². The molecule has 0 aliphatic rings. The van der Waals surface area contributed by atoms with Gasteiger partial charge in [-0.2, -0.15) is 0 Å². The second-order valence-corrected chi connectivity index (χ2v) is 7.58. The summed E-state index contributed by atoms with van der Waals surface area (Å²) in [6.07, 6.45) is 0.576. The molecule has 5 heteroatoms. The molecule has 0 spiro atoms. The molecule has 1 aromatic carbocycles. The zero-order chi connectivity index (χ0) is 15.2. The number of nitrogens with one attached hydrogen (secondary N) is 1. The van der Waals surface area contributed by atoms with Crippen LogP contribution in [-0.4, -0.2) is 25.9 Å². The first-order valence-electron chi connectivity index (χ1n) is 6.43. The van der Waals surface area contributed by atoms with Gasteiger partial charge in [-0.3, -0.25) is 4.72 Å². The number of hydrogen-bond acceptors (Lipinski definition) is 3. The molecule has 0 aliphatic carbocycles. The van der Waals surface area contributed by atoms with Crippen LogP contribution in [0.25, 0.3) is 0 Å². The maximum atomic E-state index is 12.1. The minimum atomic E-state index is -3.40. The molecule has 20 heavy (non-hydrogen) atoms. The quantitative estimate of drug-likeness (QED) is 0.837. The first-order valence-corrected chi connectivity index (χ1v) is 8.08. The Morgan fingerprint density at radius 3 is 2.50 bits per heavy atom. The van der Waals surface area contributed by atoms with Crippen LogP contribution in [0.1, 0.15) is 32.8 Å². The lowest BCUT2D eigenvalue weighted by atomic mass is 9.94. The number of para-hydroxylation sites is 1. The van der Waals surface area contributed by atoms with E-state index in [1.165, 1.54) is 0 Å². The van der Waals surface area contributed by atoms with Crippen molar-refractivity contribution < 1.29 is 13.5 Å². The largest absolute Gasteiger partial charge is 0.384 e. The predicted octanol–water partition coefficient (Wildman–Crippen LogP) is 2.21. The smallest absolute Gasteiger partial charge is 0.232 e. The van der Waals surface area contributed by atoms with Crippen molar-refractivity contribution in [2.45, 2.75) is 27.2 Å². The zero-order valence-corrected chi connectivity index (χ0v) is 12.9. The fourth-order valence-electron chi connectivity index (χ4n) is 1.47.